The van der Waals surface area contributed by atoms with Crippen molar-refractivity contribution in [1.82, 2.24) is 19.9 Å². The number of aromatic nitrogens is 4. The largest absolute Gasteiger partial charge is 0.456 e. The molecule has 14 rings (SSSR count). The highest BCUT2D eigenvalue weighted by Gasteiger charge is 2.17. The number of thiophene rings is 1. The predicted octanol–water partition coefficient (Wildman–Crippen LogP) is 17.7. The molecule has 0 unspecified atom stereocenters. The summed E-state index contributed by atoms with van der Waals surface area (Å²) in [6.07, 6.45) is 0. The van der Waals surface area contributed by atoms with E-state index in [9.17, 15) is 0 Å². The van der Waals surface area contributed by atoms with Crippen molar-refractivity contribution in [3.63, 3.8) is 0 Å². The van der Waals surface area contributed by atoms with E-state index >= 15 is 0 Å². The first-order chi connectivity index (χ1) is 33.5. The number of H-pyrrole nitrogens is 1. The van der Waals surface area contributed by atoms with Gasteiger partial charge in [-0.1, -0.05) is 162 Å². The standard InChI is InChI=1S/C61H35BrN4OS/c62-44-25-19-38(20-26-44)60-64-59(65-61(66-60)43-22-27-48-47-11-3-4-14-53(47)67-54(48)33-43)37-17-15-35(16-18-37)41-21-28-49-51-32-40(24-30-55(51)68-56(49)34-41)39-8-5-9-42(31-39)46-12-6-13-50-57-45-10-2-1-7-36(45)23-29-52(57)63-58(46)50/h1-34,63H. The topological polar surface area (TPSA) is 67.6 Å². The number of fused-ring (bicyclic) bond motifs is 11. The molecule has 0 saturated heterocycles. The summed E-state index contributed by atoms with van der Waals surface area (Å²) in [5, 5.41) is 9.74. The van der Waals surface area contributed by atoms with Crippen LogP contribution < -0.4 is 0 Å². The maximum absolute atomic E-state index is 6.25. The molecule has 0 aliphatic rings. The van der Waals surface area contributed by atoms with Crippen molar-refractivity contribution >= 4 is 102 Å². The van der Waals surface area contributed by atoms with Gasteiger partial charge in [0.2, 0.25) is 0 Å². The quantitative estimate of drug-likeness (QED) is 0.180. The van der Waals surface area contributed by atoms with Crippen LogP contribution in [0.25, 0.3) is 142 Å². The van der Waals surface area contributed by atoms with Crippen LogP contribution in [-0.2, 0) is 0 Å². The highest BCUT2D eigenvalue weighted by molar-refractivity contribution is 9.10. The second-order valence-electron chi connectivity index (χ2n) is 17.4. The van der Waals surface area contributed by atoms with Crippen molar-refractivity contribution in [2.45, 2.75) is 0 Å². The van der Waals surface area contributed by atoms with Crippen LogP contribution in [0, 0.1) is 0 Å². The Bertz CT molecular complexity index is 4340. The zero-order valence-corrected chi connectivity index (χ0v) is 38.6. The van der Waals surface area contributed by atoms with E-state index in [1.54, 1.807) is 0 Å². The fourth-order valence-electron chi connectivity index (χ4n) is 9.98. The average Bonchev–Trinajstić information content (AvgIpc) is 4.09. The number of hydrogen-bond acceptors (Lipinski definition) is 5. The Labute approximate surface area is 402 Å². The van der Waals surface area contributed by atoms with Crippen LogP contribution in [0.2, 0.25) is 0 Å². The van der Waals surface area contributed by atoms with Gasteiger partial charge in [0.25, 0.3) is 0 Å². The highest BCUT2D eigenvalue weighted by atomic mass is 79.9. The molecule has 0 bridgehead atoms. The zero-order valence-electron chi connectivity index (χ0n) is 36.2. The summed E-state index contributed by atoms with van der Waals surface area (Å²) in [5.74, 6) is 1.80. The predicted molar refractivity (Wildman–Crippen MR) is 287 cm³/mol. The lowest BCUT2D eigenvalue weighted by molar-refractivity contribution is 0.669. The van der Waals surface area contributed by atoms with Gasteiger partial charge in [0.15, 0.2) is 17.5 Å². The number of nitrogens with zero attached hydrogens (tertiary/aromatic N) is 3. The molecule has 4 aromatic heterocycles. The lowest BCUT2D eigenvalue weighted by Gasteiger charge is -2.09. The number of hydrogen-bond donors (Lipinski definition) is 1. The van der Waals surface area contributed by atoms with E-state index in [2.05, 4.69) is 179 Å². The van der Waals surface area contributed by atoms with Crippen LogP contribution in [0.4, 0.5) is 0 Å². The van der Waals surface area contributed by atoms with E-state index in [4.69, 9.17) is 19.4 Å². The highest BCUT2D eigenvalue weighted by Crippen LogP contribution is 2.41. The summed E-state index contributed by atoms with van der Waals surface area (Å²) >= 11 is 5.42. The first kappa shape index (κ1) is 39.0. The molecule has 0 aliphatic carbocycles. The molecule has 0 spiro atoms. The minimum atomic E-state index is 0.585. The molecule has 4 heterocycles. The van der Waals surface area contributed by atoms with Crippen molar-refractivity contribution < 1.29 is 4.42 Å². The van der Waals surface area contributed by atoms with E-state index in [0.29, 0.717) is 17.5 Å². The summed E-state index contributed by atoms with van der Waals surface area (Å²) in [7, 11) is 0. The van der Waals surface area contributed by atoms with Gasteiger partial charge >= 0.3 is 0 Å². The maximum atomic E-state index is 6.25. The molecule has 0 amide bonds. The molecule has 10 aromatic carbocycles. The lowest BCUT2D eigenvalue weighted by Crippen LogP contribution is -2.00. The number of nitrogens with one attached hydrogen (secondary N) is 1. The molecule has 7 heteroatoms. The molecular weight excluding hydrogens is 917 g/mol. The maximum Gasteiger partial charge on any atom is 0.164 e. The molecule has 14 aromatic rings. The Hall–Kier alpha value is -8.23. The first-order valence-corrected chi connectivity index (χ1v) is 24.2. The molecule has 5 nitrogen and oxygen atoms in total. The lowest BCUT2D eigenvalue weighted by atomic mass is 9.96. The summed E-state index contributed by atoms with van der Waals surface area (Å²) in [5.41, 5.74) is 13.7. The van der Waals surface area contributed by atoms with Crippen LogP contribution in [-0.4, -0.2) is 19.9 Å². The molecule has 0 atom stereocenters. The van der Waals surface area contributed by atoms with Crippen molar-refractivity contribution in [3.05, 3.63) is 211 Å². The molecular formula is C61H35BrN4OS. The molecule has 68 heavy (non-hydrogen) atoms. The van der Waals surface area contributed by atoms with Gasteiger partial charge in [-0.2, -0.15) is 0 Å². The normalized spacial score (nSPS) is 11.9. The van der Waals surface area contributed by atoms with E-state index in [0.717, 1.165) is 59.7 Å². The first-order valence-electron chi connectivity index (χ1n) is 22.6. The van der Waals surface area contributed by atoms with E-state index < -0.39 is 0 Å². The second-order valence-corrected chi connectivity index (χ2v) is 19.4. The third kappa shape index (κ3) is 6.46. The second kappa shape index (κ2) is 15.4. The zero-order chi connectivity index (χ0) is 44.9. The van der Waals surface area contributed by atoms with Crippen LogP contribution in [0.3, 0.4) is 0 Å². The smallest absolute Gasteiger partial charge is 0.164 e. The number of para-hydroxylation sites is 2. The van der Waals surface area contributed by atoms with Crippen molar-refractivity contribution in [2.24, 2.45) is 0 Å². The van der Waals surface area contributed by atoms with Crippen LogP contribution in [0.5, 0.6) is 0 Å². The SMILES string of the molecule is Brc1ccc(-c2nc(-c3ccc(-c4ccc5c(c4)sc4ccc(-c6cccc(-c7cccc8c7[nH]c7ccc9ccccc9c78)c6)cc45)cc3)nc(-c3ccc4c(c3)oc3ccccc34)n2)cc1. The van der Waals surface area contributed by atoms with Crippen molar-refractivity contribution in [3.8, 4) is 67.5 Å². The average molecular weight is 952 g/mol. The number of rotatable bonds is 6. The van der Waals surface area contributed by atoms with Gasteiger partial charge in [-0.05, 0) is 99.3 Å². The number of halogens is 1. The Kier molecular flexibility index (Phi) is 8.84. The van der Waals surface area contributed by atoms with Crippen LogP contribution in [0.15, 0.2) is 215 Å². The molecule has 0 aliphatic heterocycles. The fraction of sp³-hybridized carbons (Fsp3) is 0. The third-order valence-electron chi connectivity index (χ3n) is 13.4. The Balaban J connectivity index is 0.786. The fourth-order valence-corrected chi connectivity index (χ4v) is 11.4. The summed E-state index contributed by atoms with van der Waals surface area (Å²) in [6, 6.07) is 73.3. The van der Waals surface area contributed by atoms with Gasteiger partial charge < -0.3 is 9.40 Å². The van der Waals surface area contributed by atoms with Gasteiger partial charge in [-0.3, -0.25) is 0 Å². The van der Waals surface area contributed by atoms with Gasteiger partial charge in [0.1, 0.15) is 11.2 Å². The Morgan fingerprint density at radius 1 is 0.382 bits per heavy atom. The van der Waals surface area contributed by atoms with Crippen molar-refractivity contribution in [1.29, 1.82) is 0 Å². The van der Waals surface area contributed by atoms with E-state index in [1.165, 1.54) is 69.5 Å². The van der Waals surface area contributed by atoms with Gasteiger partial charge in [-0.25, -0.2) is 15.0 Å². The molecule has 1 N–H and O–H groups in total. The van der Waals surface area contributed by atoms with Gasteiger partial charge in [0, 0.05) is 74.0 Å². The molecule has 318 valence electrons. The minimum Gasteiger partial charge on any atom is -0.456 e. The third-order valence-corrected chi connectivity index (χ3v) is 15.0. The monoisotopic (exact) mass is 950 g/mol. The Morgan fingerprint density at radius 3 is 1.85 bits per heavy atom. The summed E-state index contributed by atoms with van der Waals surface area (Å²) < 4.78 is 9.77. The van der Waals surface area contributed by atoms with Gasteiger partial charge in [0.05, 0.1) is 5.52 Å². The van der Waals surface area contributed by atoms with E-state index in [-0.39, 0.29) is 0 Å². The number of benzene rings is 10. The Morgan fingerprint density at radius 2 is 1.00 bits per heavy atom. The number of furan rings is 1. The molecule has 0 saturated carbocycles. The van der Waals surface area contributed by atoms with Gasteiger partial charge in [-0.15, -0.1) is 11.3 Å². The number of aromatic amines is 1. The van der Waals surface area contributed by atoms with Crippen molar-refractivity contribution in [2.75, 3.05) is 0 Å². The van der Waals surface area contributed by atoms with E-state index in [1.807, 2.05) is 59.9 Å². The van der Waals surface area contributed by atoms with Crippen LogP contribution in [0.1, 0.15) is 0 Å². The summed E-state index contributed by atoms with van der Waals surface area (Å²) in [4.78, 5) is 18.8. The summed E-state index contributed by atoms with van der Waals surface area (Å²) in [6.45, 7) is 0. The minimum absolute atomic E-state index is 0.585. The molecule has 0 radical (unpaired) electrons. The van der Waals surface area contributed by atoms with Crippen LogP contribution >= 0.6 is 27.3 Å². The molecule has 0 fully saturated rings.